The van der Waals surface area contributed by atoms with E-state index in [-0.39, 0.29) is 12.0 Å². The number of aliphatic hydroxyl groups excluding tert-OH is 4. The van der Waals surface area contributed by atoms with Gasteiger partial charge in [0.15, 0.2) is 0 Å². The van der Waals surface area contributed by atoms with Crippen LogP contribution in [0.15, 0.2) is 42.5 Å². The molecule has 2 aliphatic rings. The number of rotatable bonds is 6. The Bertz CT molecular complexity index is 1010. The Morgan fingerprint density at radius 1 is 1.06 bits per heavy atom. The molecule has 0 bridgehead atoms. The molecule has 0 aliphatic carbocycles. The molecule has 190 valence electrons. The lowest BCUT2D eigenvalue weighted by Crippen LogP contribution is -2.55. The predicted molar refractivity (Wildman–Crippen MR) is 129 cm³/mol. The molecule has 2 aromatic carbocycles. The van der Waals surface area contributed by atoms with Gasteiger partial charge < -0.3 is 40.5 Å². The first-order chi connectivity index (χ1) is 16.8. The predicted octanol–water partition coefficient (Wildman–Crippen LogP) is 0.764. The van der Waals surface area contributed by atoms with Crippen molar-refractivity contribution in [1.29, 1.82) is 0 Å². The van der Waals surface area contributed by atoms with E-state index in [0.29, 0.717) is 30.8 Å². The number of anilines is 1. The van der Waals surface area contributed by atoms with Crippen LogP contribution in [-0.2, 0) is 16.0 Å². The van der Waals surface area contributed by atoms with Gasteiger partial charge in [0.05, 0.1) is 6.61 Å². The van der Waals surface area contributed by atoms with Crippen molar-refractivity contribution < 1.29 is 34.7 Å². The summed E-state index contributed by atoms with van der Waals surface area (Å²) >= 11 is 0. The van der Waals surface area contributed by atoms with Crippen LogP contribution in [0.5, 0.6) is 5.75 Å². The van der Waals surface area contributed by atoms with Gasteiger partial charge in [-0.25, -0.2) is 0 Å². The van der Waals surface area contributed by atoms with Crippen molar-refractivity contribution in [3.05, 3.63) is 59.2 Å². The fourth-order valence-corrected chi connectivity index (χ4v) is 4.72. The fraction of sp³-hybridized carbons (Fsp3) is 0.500. The van der Waals surface area contributed by atoms with Crippen LogP contribution >= 0.6 is 0 Å². The quantitative estimate of drug-likeness (QED) is 0.376. The first-order valence-electron chi connectivity index (χ1n) is 12.0. The van der Waals surface area contributed by atoms with Crippen LogP contribution in [0.4, 0.5) is 5.69 Å². The second-order valence-electron chi connectivity index (χ2n) is 9.35. The first-order valence-corrected chi connectivity index (χ1v) is 12.0. The molecule has 0 spiro atoms. The normalized spacial score (nSPS) is 27.6. The van der Waals surface area contributed by atoms with Crippen LogP contribution in [0.1, 0.15) is 42.6 Å². The maximum Gasteiger partial charge on any atom is 0.219 e. The van der Waals surface area contributed by atoms with E-state index in [4.69, 9.17) is 15.2 Å². The van der Waals surface area contributed by atoms with Crippen LogP contribution < -0.4 is 10.5 Å². The van der Waals surface area contributed by atoms with E-state index < -0.39 is 37.1 Å². The largest absolute Gasteiger partial charge is 0.490 e. The van der Waals surface area contributed by atoms with Gasteiger partial charge in [-0.1, -0.05) is 24.3 Å². The van der Waals surface area contributed by atoms with Crippen molar-refractivity contribution in [2.45, 2.75) is 62.8 Å². The lowest BCUT2D eigenvalue weighted by molar-refractivity contribution is -0.231. The molecule has 0 unspecified atom stereocenters. The van der Waals surface area contributed by atoms with Crippen molar-refractivity contribution >= 4 is 11.6 Å². The van der Waals surface area contributed by atoms with Gasteiger partial charge in [0.1, 0.15) is 42.4 Å². The van der Waals surface area contributed by atoms with Crippen molar-refractivity contribution in [3.63, 3.8) is 0 Å². The summed E-state index contributed by atoms with van der Waals surface area (Å²) in [4.78, 5) is 13.3. The number of piperidine rings is 1. The molecule has 0 saturated carbocycles. The van der Waals surface area contributed by atoms with E-state index in [9.17, 15) is 25.2 Å². The molecule has 1 amide bonds. The van der Waals surface area contributed by atoms with E-state index in [2.05, 4.69) is 0 Å². The third-order valence-electron chi connectivity index (χ3n) is 6.90. The Labute approximate surface area is 204 Å². The third-order valence-corrected chi connectivity index (χ3v) is 6.90. The van der Waals surface area contributed by atoms with Crippen LogP contribution in [0, 0.1) is 0 Å². The summed E-state index contributed by atoms with van der Waals surface area (Å²) in [5, 5.41) is 40.1. The Balaban J connectivity index is 1.41. The summed E-state index contributed by atoms with van der Waals surface area (Å²) in [5.74, 6) is 0.876. The summed E-state index contributed by atoms with van der Waals surface area (Å²) in [6, 6.07) is 13.0. The highest BCUT2D eigenvalue weighted by atomic mass is 16.5. The highest BCUT2D eigenvalue weighted by Crippen LogP contribution is 2.34. The molecule has 0 radical (unpaired) electrons. The van der Waals surface area contributed by atoms with E-state index in [1.54, 1.807) is 19.1 Å². The second-order valence-corrected chi connectivity index (χ2v) is 9.35. The van der Waals surface area contributed by atoms with Gasteiger partial charge in [0, 0.05) is 38.5 Å². The van der Waals surface area contributed by atoms with Gasteiger partial charge in [0.25, 0.3) is 0 Å². The topological polar surface area (TPSA) is 146 Å². The first kappa shape index (κ1) is 25.4. The molecule has 35 heavy (non-hydrogen) atoms. The van der Waals surface area contributed by atoms with E-state index in [1.165, 1.54) is 0 Å². The zero-order valence-electron chi connectivity index (χ0n) is 19.8. The lowest BCUT2D eigenvalue weighted by Gasteiger charge is -2.40. The Hall–Kier alpha value is -2.69. The molecule has 4 rings (SSSR count). The zero-order chi connectivity index (χ0) is 25.1. The second kappa shape index (κ2) is 10.9. The van der Waals surface area contributed by atoms with Crippen LogP contribution in [-0.4, -0.2) is 81.4 Å². The molecular formula is C26H34N2O7. The molecule has 2 aliphatic heterocycles. The average Bonchev–Trinajstić information content (AvgIpc) is 2.86. The van der Waals surface area contributed by atoms with Crippen molar-refractivity contribution in [3.8, 4) is 5.75 Å². The van der Waals surface area contributed by atoms with Crippen molar-refractivity contribution in [2.75, 3.05) is 25.4 Å². The number of amides is 1. The minimum absolute atomic E-state index is 0.0855. The number of likely N-dealkylation sites (tertiary alicyclic amines) is 1. The minimum Gasteiger partial charge on any atom is -0.490 e. The fourth-order valence-electron chi connectivity index (χ4n) is 4.72. The third kappa shape index (κ3) is 5.76. The zero-order valence-corrected chi connectivity index (χ0v) is 19.8. The summed E-state index contributed by atoms with van der Waals surface area (Å²) in [6.07, 6.45) is -3.82. The number of carbonyl (C=O) groups is 1. The summed E-state index contributed by atoms with van der Waals surface area (Å²) < 4.78 is 11.8. The van der Waals surface area contributed by atoms with Crippen molar-refractivity contribution in [1.82, 2.24) is 4.90 Å². The monoisotopic (exact) mass is 486 g/mol. The Morgan fingerprint density at radius 2 is 1.74 bits per heavy atom. The number of nitrogen functional groups attached to an aromatic ring is 1. The Kier molecular flexibility index (Phi) is 7.93. The van der Waals surface area contributed by atoms with Gasteiger partial charge in [-0.15, -0.1) is 0 Å². The number of benzene rings is 2. The van der Waals surface area contributed by atoms with Gasteiger partial charge in [-0.2, -0.15) is 0 Å². The van der Waals surface area contributed by atoms with Gasteiger partial charge in [0.2, 0.25) is 5.91 Å². The smallest absolute Gasteiger partial charge is 0.219 e. The molecule has 2 saturated heterocycles. The Morgan fingerprint density at radius 3 is 2.37 bits per heavy atom. The van der Waals surface area contributed by atoms with Gasteiger partial charge >= 0.3 is 0 Å². The van der Waals surface area contributed by atoms with E-state index >= 15 is 0 Å². The maximum absolute atomic E-state index is 11.5. The van der Waals surface area contributed by atoms with E-state index in [1.807, 2.05) is 35.2 Å². The number of aliphatic hydroxyl groups is 4. The number of nitrogens with zero attached hydrogens (tertiary/aromatic N) is 1. The maximum atomic E-state index is 11.5. The molecule has 9 nitrogen and oxygen atoms in total. The number of hydrogen-bond donors (Lipinski definition) is 5. The number of hydrogen-bond acceptors (Lipinski definition) is 8. The van der Waals surface area contributed by atoms with Crippen molar-refractivity contribution in [2.24, 2.45) is 0 Å². The molecule has 6 N–H and O–H groups in total. The summed E-state index contributed by atoms with van der Waals surface area (Å²) in [6.45, 7) is 2.53. The molecule has 0 aromatic heterocycles. The number of ether oxygens (including phenoxy) is 2. The van der Waals surface area contributed by atoms with Gasteiger partial charge in [-0.05, 0) is 41.3 Å². The standard InChI is InChI=1S/C26H34N2O7/c1-15(30)28-10-8-20(9-11-28)34-19-5-2-16(3-6-19)12-18-13-17(4-7-21(18)27)26-25(33)24(32)23(31)22(14-29)35-26/h2-7,13,20,22-26,29,31-33H,8-12,14,27H2,1H3/t22-,23-,24+,25-,26+/m1/s1. The van der Waals surface area contributed by atoms with E-state index in [0.717, 1.165) is 29.7 Å². The van der Waals surface area contributed by atoms with Gasteiger partial charge in [-0.3, -0.25) is 4.79 Å². The summed E-state index contributed by atoms with van der Waals surface area (Å²) in [7, 11) is 0. The summed E-state index contributed by atoms with van der Waals surface area (Å²) in [5.41, 5.74) is 9.22. The highest BCUT2D eigenvalue weighted by Gasteiger charge is 2.44. The average molecular weight is 487 g/mol. The molecule has 5 atom stereocenters. The molecule has 2 heterocycles. The molecular weight excluding hydrogens is 452 g/mol. The minimum atomic E-state index is -1.44. The number of nitrogens with two attached hydrogens (primary N) is 1. The molecule has 9 heteroatoms. The van der Waals surface area contributed by atoms with Crippen LogP contribution in [0.25, 0.3) is 0 Å². The van der Waals surface area contributed by atoms with Crippen LogP contribution in [0.2, 0.25) is 0 Å². The highest BCUT2D eigenvalue weighted by molar-refractivity contribution is 5.73. The SMILES string of the molecule is CC(=O)N1CCC(Oc2ccc(Cc3cc([C@@H]4O[C@H](CO)[C@@H](O)[C@H](O)[C@H]4O)ccc3N)cc2)CC1. The molecule has 2 aromatic rings. The lowest BCUT2D eigenvalue weighted by atomic mass is 9.89. The number of carbonyl (C=O) groups excluding carboxylic acids is 1. The van der Waals surface area contributed by atoms with Crippen LogP contribution in [0.3, 0.4) is 0 Å². The molecule has 2 fully saturated rings.